The summed E-state index contributed by atoms with van der Waals surface area (Å²) in [6.45, 7) is 6.55. The summed E-state index contributed by atoms with van der Waals surface area (Å²) in [7, 11) is 0. The van der Waals surface area contributed by atoms with E-state index in [4.69, 9.17) is 5.11 Å². The number of carboxylic acids is 1. The minimum Gasteiger partial charge on any atom is -0.481 e. The van der Waals surface area contributed by atoms with Gasteiger partial charge in [0.1, 0.15) is 0 Å². The van der Waals surface area contributed by atoms with Crippen LogP contribution in [0.25, 0.3) is 0 Å². The van der Waals surface area contributed by atoms with Gasteiger partial charge in [0.15, 0.2) is 0 Å². The van der Waals surface area contributed by atoms with Gasteiger partial charge in [0.2, 0.25) is 5.91 Å². The third kappa shape index (κ3) is 5.08. The van der Waals surface area contributed by atoms with Gasteiger partial charge in [0, 0.05) is 12.5 Å². The van der Waals surface area contributed by atoms with Crippen molar-refractivity contribution in [1.29, 1.82) is 0 Å². The monoisotopic (exact) mass is 317 g/mol. The lowest BCUT2D eigenvalue weighted by atomic mass is 9.86. The van der Waals surface area contributed by atoms with E-state index in [0.29, 0.717) is 25.7 Å². The van der Waals surface area contributed by atoms with Gasteiger partial charge in [0.05, 0.1) is 5.92 Å². The zero-order valence-corrected chi connectivity index (χ0v) is 14.3. The number of aliphatic carboxylic acids is 1. The van der Waals surface area contributed by atoms with Crippen LogP contribution in [-0.4, -0.2) is 23.0 Å². The maximum Gasteiger partial charge on any atom is 0.306 e. The molecule has 1 aliphatic carbocycles. The summed E-state index contributed by atoms with van der Waals surface area (Å²) in [5, 5.41) is 12.0. The zero-order chi connectivity index (χ0) is 17.0. The predicted octanol–water partition coefficient (Wildman–Crippen LogP) is 3.29. The first-order valence-corrected chi connectivity index (χ1v) is 8.37. The number of carbonyl (C=O) groups is 2. The first kappa shape index (κ1) is 17.5. The van der Waals surface area contributed by atoms with Crippen LogP contribution in [0.2, 0.25) is 0 Å². The molecule has 126 valence electrons. The Labute approximate surface area is 138 Å². The molecule has 1 aliphatic rings. The van der Waals surface area contributed by atoms with Gasteiger partial charge in [-0.1, -0.05) is 45.0 Å². The number of carboxylic acid groups (broad SMARTS) is 1. The van der Waals surface area contributed by atoms with Gasteiger partial charge in [-0.05, 0) is 42.2 Å². The molecule has 1 amide bonds. The lowest BCUT2D eigenvalue weighted by Gasteiger charge is -2.19. The zero-order valence-electron chi connectivity index (χ0n) is 14.3. The summed E-state index contributed by atoms with van der Waals surface area (Å²) >= 11 is 0. The predicted molar refractivity (Wildman–Crippen MR) is 90.4 cm³/mol. The van der Waals surface area contributed by atoms with Crippen LogP contribution >= 0.6 is 0 Å². The molecule has 0 aromatic heterocycles. The summed E-state index contributed by atoms with van der Waals surface area (Å²) in [5.74, 6) is -1.04. The minimum absolute atomic E-state index is 0.0148. The molecule has 0 heterocycles. The molecule has 0 saturated heterocycles. The van der Waals surface area contributed by atoms with E-state index in [1.807, 2.05) is 0 Å². The number of nitrogens with one attached hydrogen (secondary N) is 1. The number of aryl methyl sites for hydroxylation is 1. The van der Waals surface area contributed by atoms with E-state index >= 15 is 0 Å². The van der Waals surface area contributed by atoms with E-state index in [2.05, 4.69) is 50.4 Å². The summed E-state index contributed by atoms with van der Waals surface area (Å²) in [6, 6.07) is 8.45. The highest BCUT2D eigenvalue weighted by Gasteiger charge is 2.30. The van der Waals surface area contributed by atoms with Crippen molar-refractivity contribution in [3.05, 3.63) is 35.4 Å². The Hall–Kier alpha value is -1.84. The van der Waals surface area contributed by atoms with E-state index in [0.717, 1.165) is 12.0 Å². The van der Waals surface area contributed by atoms with Crippen molar-refractivity contribution in [2.24, 2.45) is 5.92 Å². The van der Waals surface area contributed by atoms with Crippen molar-refractivity contribution >= 4 is 11.9 Å². The topological polar surface area (TPSA) is 66.4 Å². The van der Waals surface area contributed by atoms with Gasteiger partial charge in [-0.25, -0.2) is 0 Å². The normalized spacial score (nSPS) is 21.2. The Bertz CT molecular complexity index is 557. The summed E-state index contributed by atoms with van der Waals surface area (Å²) in [4.78, 5) is 22.9. The van der Waals surface area contributed by atoms with Crippen LogP contribution in [-0.2, 0) is 21.4 Å². The number of rotatable bonds is 5. The van der Waals surface area contributed by atoms with Crippen LogP contribution in [0.3, 0.4) is 0 Å². The molecule has 1 fully saturated rings. The molecular weight excluding hydrogens is 290 g/mol. The Kier molecular flexibility index (Phi) is 5.45. The van der Waals surface area contributed by atoms with Gasteiger partial charge >= 0.3 is 5.97 Å². The molecule has 2 atom stereocenters. The van der Waals surface area contributed by atoms with Crippen molar-refractivity contribution in [1.82, 2.24) is 5.32 Å². The average Bonchev–Trinajstić information content (AvgIpc) is 2.93. The van der Waals surface area contributed by atoms with Crippen LogP contribution in [0.5, 0.6) is 0 Å². The molecule has 4 heteroatoms. The van der Waals surface area contributed by atoms with Gasteiger partial charge in [-0.15, -0.1) is 0 Å². The highest BCUT2D eigenvalue weighted by Crippen LogP contribution is 2.26. The smallest absolute Gasteiger partial charge is 0.306 e. The highest BCUT2D eigenvalue weighted by atomic mass is 16.4. The Balaban J connectivity index is 1.77. The molecule has 4 nitrogen and oxygen atoms in total. The molecule has 2 rings (SSSR count). The molecule has 0 spiro atoms. The fraction of sp³-hybridized carbons (Fsp3) is 0.579. The average molecular weight is 317 g/mol. The molecular formula is C19H27NO3. The quantitative estimate of drug-likeness (QED) is 0.876. The summed E-state index contributed by atoms with van der Waals surface area (Å²) in [6.07, 6.45) is 3.15. The van der Waals surface area contributed by atoms with E-state index < -0.39 is 5.97 Å². The number of carbonyl (C=O) groups excluding carboxylic acids is 1. The second kappa shape index (κ2) is 7.16. The van der Waals surface area contributed by atoms with E-state index in [-0.39, 0.29) is 23.3 Å². The molecule has 1 aromatic rings. The van der Waals surface area contributed by atoms with Crippen molar-refractivity contribution in [3.63, 3.8) is 0 Å². The van der Waals surface area contributed by atoms with Crippen LogP contribution < -0.4 is 5.32 Å². The second-order valence-electron chi connectivity index (χ2n) is 7.56. The lowest BCUT2D eigenvalue weighted by molar-refractivity contribution is -0.141. The molecule has 0 radical (unpaired) electrons. The van der Waals surface area contributed by atoms with E-state index in [9.17, 15) is 9.59 Å². The number of amides is 1. The van der Waals surface area contributed by atoms with Gasteiger partial charge in [-0.2, -0.15) is 0 Å². The molecule has 1 aromatic carbocycles. The summed E-state index contributed by atoms with van der Waals surface area (Å²) < 4.78 is 0. The third-order valence-electron chi connectivity index (χ3n) is 4.61. The van der Waals surface area contributed by atoms with E-state index in [1.165, 1.54) is 5.56 Å². The first-order valence-electron chi connectivity index (χ1n) is 8.37. The maximum absolute atomic E-state index is 12.0. The molecule has 0 bridgehead atoms. The number of hydrogen-bond acceptors (Lipinski definition) is 2. The molecule has 0 unspecified atom stereocenters. The third-order valence-corrected chi connectivity index (χ3v) is 4.61. The largest absolute Gasteiger partial charge is 0.481 e. The summed E-state index contributed by atoms with van der Waals surface area (Å²) in [5.41, 5.74) is 2.58. The van der Waals surface area contributed by atoms with Crippen molar-refractivity contribution in [2.45, 2.75) is 64.3 Å². The van der Waals surface area contributed by atoms with Crippen LogP contribution in [0.4, 0.5) is 0 Å². The maximum atomic E-state index is 12.0. The Morgan fingerprint density at radius 2 is 1.83 bits per heavy atom. The molecule has 23 heavy (non-hydrogen) atoms. The Morgan fingerprint density at radius 3 is 2.35 bits per heavy atom. The van der Waals surface area contributed by atoms with Crippen molar-refractivity contribution in [2.75, 3.05) is 0 Å². The number of benzene rings is 1. The van der Waals surface area contributed by atoms with Crippen molar-refractivity contribution < 1.29 is 14.7 Å². The first-order chi connectivity index (χ1) is 10.8. The highest BCUT2D eigenvalue weighted by molar-refractivity contribution is 5.77. The fourth-order valence-corrected chi connectivity index (χ4v) is 3.07. The van der Waals surface area contributed by atoms with Gasteiger partial charge in [0.25, 0.3) is 0 Å². The minimum atomic E-state index is -0.749. The van der Waals surface area contributed by atoms with E-state index in [1.54, 1.807) is 0 Å². The van der Waals surface area contributed by atoms with Crippen LogP contribution in [0, 0.1) is 5.92 Å². The van der Waals surface area contributed by atoms with Crippen molar-refractivity contribution in [3.8, 4) is 0 Å². The fourth-order valence-electron chi connectivity index (χ4n) is 3.07. The molecule has 2 N–H and O–H groups in total. The molecule has 0 aliphatic heterocycles. The lowest BCUT2D eigenvalue weighted by Crippen LogP contribution is -2.33. The number of hydrogen-bond donors (Lipinski definition) is 2. The van der Waals surface area contributed by atoms with Crippen LogP contribution in [0.1, 0.15) is 57.6 Å². The molecule has 1 saturated carbocycles. The second-order valence-corrected chi connectivity index (χ2v) is 7.56. The van der Waals surface area contributed by atoms with Gasteiger partial charge < -0.3 is 10.4 Å². The standard InChI is InChI=1S/C19H27NO3/c1-19(2,3)15-8-4-13(5-9-15)6-11-17(21)20-16-10-7-14(12-16)18(22)23/h4-5,8-9,14,16H,6-7,10-12H2,1-3H3,(H,20,21)(H,22,23)/t14-,16+/m1/s1. The SMILES string of the molecule is CC(C)(C)c1ccc(CCC(=O)N[C@H]2CC[C@@H](C(=O)O)C2)cc1. The van der Waals surface area contributed by atoms with Gasteiger partial charge in [-0.3, -0.25) is 9.59 Å². The van der Waals surface area contributed by atoms with Crippen LogP contribution in [0.15, 0.2) is 24.3 Å². The Morgan fingerprint density at radius 1 is 1.17 bits per heavy atom.